The lowest BCUT2D eigenvalue weighted by atomic mass is 10.2. The van der Waals surface area contributed by atoms with E-state index >= 15 is 0 Å². The maximum Gasteiger partial charge on any atom is 0.416 e. The molecule has 28 heavy (non-hydrogen) atoms. The molecule has 1 N–H and O–H groups in total. The SMILES string of the molecule is CC(C)OC(=O)CC/C(=N/Nc1cc(C(F)(F)F)ccc1Cl)C(=O)OC(C)C. The molecule has 1 rings (SSSR count). The number of carbonyl (C=O) groups excluding carboxylic acids is 2. The fraction of sp³-hybridized carbons (Fsp3) is 0.500. The molecule has 0 fully saturated rings. The first-order valence-corrected chi connectivity index (χ1v) is 8.87. The van der Waals surface area contributed by atoms with Gasteiger partial charge in [-0.3, -0.25) is 10.2 Å². The van der Waals surface area contributed by atoms with Crippen LogP contribution >= 0.6 is 11.6 Å². The summed E-state index contributed by atoms with van der Waals surface area (Å²) in [6.07, 6.45) is -5.61. The number of nitrogens with one attached hydrogen (secondary N) is 1. The van der Waals surface area contributed by atoms with Crippen LogP contribution in [0.5, 0.6) is 0 Å². The van der Waals surface area contributed by atoms with Gasteiger partial charge in [0.1, 0.15) is 5.71 Å². The number of carbonyl (C=O) groups is 2. The molecule has 0 heterocycles. The number of alkyl halides is 3. The molecule has 10 heteroatoms. The van der Waals surface area contributed by atoms with E-state index in [1.54, 1.807) is 27.7 Å². The molecular formula is C18H22ClF3N2O4. The number of rotatable bonds is 8. The second kappa shape index (κ2) is 10.3. The minimum atomic E-state index is -4.56. The molecule has 0 bridgehead atoms. The molecule has 0 radical (unpaired) electrons. The highest BCUT2D eigenvalue weighted by Gasteiger charge is 2.31. The lowest BCUT2D eigenvalue weighted by Crippen LogP contribution is -2.24. The molecule has 1 aromatic rings. The van der Waals surface area contributed by atoms with Gasteiger partial charge in [-0.05, 0) is 45.9 Å². The van der Waals surface area contributed by atoms with Crippen molar-refractivity contribution in [1.82, 2.24) is 0 Å². The van der Waals surface area contributed by atoms with E-state index in [4.69, 9.17) is 21.1 Å². The first-order chi connectivity index (χ1) is 12.9. The highest BCUT2D eigenvalue weighted by Crippen LogP contribution is 2.33. The van der Waals surface area contributed by atoms with Crippen LogP contribution < -0.4 is 5.43 Å². The summed E-state index contributed by atoms with van der Waals surface area (Å²) in [5.41, 5.74) is 1.10. The van der Waals surface area contributed by atoms with Gasteiger partial charge in [-0.1, -0.05) is 11.6 Å². The molecule has 0 amide bonds. The zero-order chi connectivity index (χ0) is 21.5. The van der Waals surface area contributed by atoms with Crippen LogP contribution in [0, 0.1) is 0 Å². The summed E-state index contributed by atoms with van der Waals surface area (Å²) in [6.45, 7) is 6.60. The van der Waals surface area contributed by atoms with Crippen LogP contribution in [0.1, 0.15) is 46.1 Å². The normalized spacial score (nSPS) is 12.3. The van der Waals surface area contributed by atoms with E-state index in [0.29, 0.717) is 0 Å². The monoisotopic (exact) mass is 422 g/mol. The second-order valence-corrected chi connectivity index (χ2v) is 6.76. The number of hydrazone groups is 1. The second-order valence-electron chi connectivity index (χ2n) is 6.36. The fourth-order valence-corrected chi connectivity index (χ4v) is 2.10. The molecule has 0 unspecified atom stereocenters. The molecule has 0 saturated heterocycles. The summed E-state index contributed by atoms with van der Waals surface area (Å²) >= 11 is 5.89. The minimum Gasteiger partial charge on any atom is -0.463 e. The third-order valence-corrected chi connectivity index (χ3v) is 3.45. The van der Waals surface area contributed by atoms with Crippen molar-refractivity contribution in [3.63, 3.8) is 0 Å². The van der Waals surface area contributed by atoms with Gasteiger partial charge in [0.15, 0.2) is 0 Å². The van der Waals surface area contributed by atoms with Gasteiger partial charge in [0.05, 0.1) is 34.9 Å². The molecule has 0 aliphatic heterocycles. The number of anilines is 1. The van der Waals surface area contributed by atoms with E-state index in [2.05, 4.69) is 10.5 Å². The molecular weight excluding hydrogens is 401 g/mol. The summed E-state index contributed by atoms with van der Waals surface area (Å²) in [5, 5.41) is 3.79. The molecule has 0 aromatic heterocycles. The molecule has 156 valence electrons. The van der Waals surface area contributed by atoms with Crippen molar-refractivity contribution in [3.05, 3.63) is 28.8 Å². The quantitative estimate of drug-likeness (QED) is 0.369. The Balaban J connectivity index is 3.02. The van der Waals surface area contributed by atoms with Crippen molar-refractivity contribution in [2.24, 2.45) is 5.10 Å². The van der Waals surface area contributed by atoms with Gasteiger partial charge >= 0.3 is 18.1 Å². The third-order valence-electron chi connectivity index (χ3n) is 3.12. The van der Waals surface area contributed by atoms with Crippen molar-refractivity contribution in [2.45, 2.75) is 58.9 Å². The van der Waals surface area contributed by atoms with Crippen molar-refractivity contribution in [2.75, 3.05) is 5.43 Å². The van der Waals surface area contributed by atoms with Crippen LogP contribution in [-0.4, -0.2) is 29.9 Å². The largest absolute Gasteiger partial charge is 0.463 e. The Morgan fingerprint density at radius 3 is 2.25 bits per heavy atom. The highest BCUT2D eigenvalue weighted by molar-refractivity contribution is 6.37. The van der Waals surface area contributed by atoms with E-state index in [1.807, 2.05) is 0 Å². The van der Waals surface area contributed by atoms with Gasteiger partial charge in [0.2, 0.25) is 0 Å². The zero-order valence-electron chi connectivity index (χ0n) is 15.9. The van der Waals surface area contributed by atoms with Gasteiger partial charge in [0, 0.05) is 6.42 Å². The summed E-state index contributed by atoms with van der Waals surface area (Å²) in [6, 6.07) is 2.66. The number of nitrogens with zero attached hydrogens (tertiary/aromatic N) is 1. The van der Waals surface area contributed by atoms with Gasteiger partial charge in [-0.2, -0.15) is 18.3 Å². The lowest BCUT2D eigenvalue weighted by Gasteiger charge is -2.13. The maximum absolute atomic E-state index is 12.9. The van der Waals surface area contributed by atoms with Crippen LogP contribution in [0.2, 0.25) is 5.02 Å². The third kappa shape index (κ3) is 8.16. The number of esters is 2. The van der Waals surface area contributed by atoms with Crippen molar-refractivity contribution >= 4 is 34.9 Å². The van der Waals surface area contributed by atoms with E-state index in [9.17, 15) is 22.8 Å². The Labute approximate surface area is 166 Å². The number of halogens is 4. The summed E-state index contributed by atoms with van der Waals surface area (Å²) in [7, 11) is 0. The molecule has 1 aromatic carbocycles. The molecule has 0 aliphatic rings. The highest BCUT2D eigenvalue weighted by atomic mass is 35.5. The number of ether oxygens (including phenoxy) is 2. The molecule has 0 saturated carbocycles. The summed E-state index contributed by atoms with van der Waals surface area (Å²) < 4.78 is 48.6. The van der Waals surface area contributed by atoms with Crippen molar-refractivity contribution in [1.29, 1.82) is 0 Å². The van der Waals surface area contributed by atoms with Crippen LogP contribution in [0.4, 0.5) is 18.9 Å². The van der Waals surface area contributed by atoms with Gasteiger partial charge in [0.25, 0.3) is 0 Å². The average molecular weight is 423 g/mol. The molecule has 0 spiro atoms. The average Bonchev–Trinajstić information content (AvgIpc) is 2.53. The minimum absolute atomic E-state index is 0.0208. The van der Waals surface area contributed by atoms with Crippen molar-refractivity contribution < 1.29 is 32.2 Å². The topological polar surface area (TPSA) is 77.0 Å². The predicted octanol–water partition coefficient (Wildman–Crippen LogP) is 4.81. The van der Waals surface area contributed by atoms with Crippen LogP contribution in [0.25, 0.3) is 0 Å². The smallest absolute Gasteiger partial charge is 0.416 e. The van der Waals surface area contributed by atoms with Gasteiger partial charge in [-0.25, -0.2) is 4.79 Å². The number of hydrogen-bond donors (Lipinski definition) is 1. The number of benzene rings is 1. The van der Waals surface area contributed by atoms with E-state index in [1.165, 1.54) is 0 Å². The Kier molecular flexibility index (Phi) is 8.74. The Hall–Kier alpha value is -2.29. The fourth-order valence-electron chi connectivity index (χ4n) is 1.94. The van der Waals surface area contributed by atoms with Crippen LogP contribution in [0.3, 0.4) is 0 Å². The zero-order valence-corrected chi connectivity index (χ0v) is 16.6. The van der Waals surface area contributed by atoms with Crippen LogP contribution in [0.15, 0.2) is 23.3 Å². The summed E-state index contributed by atoms with van der Waals surface area (Å²) in [4.78, 5) is 23.9. The van der Waals surface area contributed by atoms with Gasteiger partial charge < -0.3 is 9.47 Å². The Morgan fingerprint density at radius 2 is 1.71 bits per heavy atom. The number of hydrogen-bond acceptors (Lipinski definition) is 6. The van der Waals surface area contributed by atoms with Crippen molar-refractivity contribution in [3.8, 4) is 0 Å². The first-order valence-electron chi connectivity index (χ1n) is 8.50. The van der Waals surface area contributed by atoms with E-state index in [-0.39, 0.29) is 35.4 Å². The Bertz CT molecular complexity index is 734. The molecule has 0 aliphatic carbocycles. The Morgan fingerprint density at radius 1 is 1.11 bits per heavy atom. The molecule has 6 nitrogen and oxygen atoms in total. The van der Waals surface area contributed by atoms with Crippen LogP contribution in [-0.2, 0) is 25.2 Å². The first kappa shape index (κ1) is 23.7. The summed E-state index contributed by atoms with van der Waals surface area (Å²) in [5.74, 6) is -1.35. The predicted molar refractivity (Wildman–Crippen MR) is 99.2 cm³/mol. The van der Waals surface area contributed by atoms with Gasteiger partial charge in [-0.15, -0.1) is 0 Å². The lowest BCUT2D eigenvalue weighted by molar-refractivity contribution is -0.147. The van der Waals surface area contributed by atoms with E-state index < -0.39 is 29.8 Å². The standard InChI is InChI=1S/C18H22ClF3N2O4/c1-10(2)27-16(25)8-7-14(17(26)28-11(3)4)23-24-15-9-12(18(20,21)22)5-6-13(15)19/h5-6,9-11,24H,7-8H2,1-4H3/b23-14-. The molecule has 0 atom stereocenters. The maximum atomic E-state index is 12.9. The van der Waals surface area contributed by atoms with E-state index in [0.717, 1.165) is 18.2 Å².